The van der Waals surface area contributed by atoms with Crippen molar-refractivity contribution in [2.75, 3.05) is 12.4 Å². The smallest absolute Gasteiger partial charge is 0.236 e. The van der Waals surface area contributed by atoms with E-state index in [1.54, 1.807) is 25.6 Å². The molecule has 0 radical (unpaired) electrons. The first kappa shape index (κ1) is 10.9. The third-order valence-corrected chi connectivity index (χ3v) is 2.19. The van der Waals surface area contributed by atoms with Gasteiger partial charge in [-0.05, 0) is 18.2 Å². The van der Waals surface area contributed by atoms with E-state index in [0.29, 0.717) is 0 Å². The van der Waals surface area contributed by atoms with Gasteiger partial charge in [0.1, 0.15) is 5.75 Å². The van der Waals surface area contributed by atoms with Crippen molar-refractivity contribution >= 4 is 5.95 Å². The number of aromatic nitrogens is 2. The molecule has 0 saturated carbocycles. The summed E-state index contributed by atoms with van der Waals surface area (Å²) in [4.78, 5) is 8.13. The lowest BCUT2D eigenvalue weighted by Crippen LogP contribution is -1.96. The third-order valence-electron chi connectivity index (χ3n) is 2.19. The van der Waals surface area contributed by atoms with Crippen LogP contribution in [-0.2, 0) is 0 Å². The normalized spacial score (nSPS) is 9.41. The Morgan fingerprint density at radius 1 is 1.35 bits per heavy atom. The quantitative estimate of drug-likeness (QED) is 0.640. The van der Waals surface area contributed by atoms with Crippen LogP contribution in [0.15, 0.2) is 36.5 Å². The molecule has 0 amide bonds. The van der Waals surface area contributed by atoms with Crippen LogP contribution >= 0.6 is 0 Å². The van der Waals surface area contributed by atoms with Gasteiger partial charge in [-0.15, -0.1) is 0 Å². The number of benzene rings is 1. The van der Waals surface area contributed by atoms with Crippen LogP contribution in [0.25, 0.3) is 11.3 Å². The Morgan fingerprint density at radius 3 is 3.00 bits per heavy atom. The molecule has 2 aromatic rings. The second-order valence-corrected chi connectivity index (χ2v) is 3.23. The number of nitrogens with one attached hydrogen (secondary N) is 1. The summed E-state index contributed by atoms with van der Waals surface area (Å²) in [6.07, 6.45) is 3.38. The molecule has 1 aromatic carbocycles. The molecule has 1 heterocycles. The van der Waals surface area contributed by atoms with Crippen molar-refractivity contribution in [1.82, 2.24) is 9.97 Å². The van der Waals surface area contributed by atoms with Crippen LogP contribution in [0.1, 0.15) is 0 Å². The van der Waals surface area contributed by atoms with Gasteiger partial charge >= 0.3 is 0 Å². The maximum absolute atomic E-state index is 8.50. The van der Waals surface area contributed by atoms with Crippen molar-refractivity contribution in [2.24, 2.45) is 0 Å². The molecule has 2 rings (SSSR count). The molecular weight excluding hydrogens is 216 g/mol. The van der Waals surface area contributed by atoms with Crippen LogP contribution in [0.2, 0.25) is 0 Å². The van der Waals surface area contributed by atoms with Gasteiger partial charge in [0.05, 0.1) is 12.8 Å². The maximum atomic E-state index is 8.50. The Hall–Kier alpha value is -2.61. The highest BCUT2D eigenvalue weighted by molar-refractivity contribution is 5.62. The van der Waals surface area contributed by atoms with Crippen LogP contribution < -0.4 is 10.1 Å². The van der Waals surface area contributed by atoms with Crippen LogP contribution in [0, 0.1) is 11.5 Å². The number of nitrogens with zero attached hydrogens (tertiary/aromatic N) is 3. The van der Waals surface area contributed by atoms with Crippen molar-refractivity contribution in [1.29, 1.82) is 5.26 Å². The van der Waals surface area contributed by atoms with Crippen LogP contribution in [0.5, 0.6) is 5.75 Å². The summed E-state index contributed by atoms with van der Waals surface area (Å²) in [6, 6.07) is 9.31. The van der Waals surface area contributed by atoms with Crippen molar-refractivity contribution in [2.45, 2.75) is 0 Å². The van der Waals surface area contributed by atoms with Gasteiger partial charge in [0.25, 0.3) is 0 Å². The zero-order valence-corrected chi connectivity index (χ0v) is 9.21. The Balaban J connectivity index is 2.38. The van der Waals surface area contributed by atoms with Crippen LogP contribution in [-0.4, -0.2) is 17.1 Å². The number of hydrogen-bond acceptors (Lipinski definition) is 5. The molecule has 0 saturated heterocycles. The minimum atomic E-state index is 0.285. The monoisotopic (exact) mass is 226 g/mol. The highest BCUT2D eigenvalue weighted by Gasteiger charge is 2.02. The summed E-state index contributed by atoms with van der Waals surface area (Å²) in [6.45, 7) is 0. The van der Waals surface area contributed by atoms with Gasteiger partial charge in [0.2, 0.25) is 5.95 Å². The molecule has 17 heavy (non-hydrogen) atoms. The third kappa shape index (κ3) is 2.49. The summed E-state index contributed by atoms with van der Waals surface area (Å²) >= 11 is 0. The van der Waals surface area contributed by atoms with E-state index >= 15 is 0 Å². The Morgan fingerprint density at radius 2 is 2.24 bits per heavy atom. The number of methoxy groups -OCH3 is 1. The fraction of sp³-hybridized carbons (Fsp3) is 0.0833. The summed E-state index contributed by atoms with van der Waals surface area (Å²) in [5, 5.41) is 10.9. The largest absolute Gasteiger partial charge is 0.497 e. The number of nitriles is 1. The molecule has 5 heteroatoms. The fourth-order valence-electron chi connectivity index (χ4n) is 1.41. The molecule has 5 nitrogen and oxygen atoms in total. The lowest BCUT2D eigenvalue weighted by atomic mass is 10.1. The molecule has 1 N–H and O–H groups in total. The first-order valence-electron chi connectivity index (χ1n) is 4.96. The van der Waals surface area contributed by atoms with E-state index in [1.165, 1.54) is 0 Å². The minimum Gasteiger partial charge on any atom is -0.497 e. The first-order valence-corrected chi connectivity index (χ1v) is 4.96. The number of anilines is 1. The topological polar surface area (TPSA) is 70.8 Å². The SMILES string of the molecule is COc1cccc(-c2ccnc(NC#N)n2)c1. The van der Waals surface area contributed by atoms with E-state index in [0.717, 1.165) is 17.0 Å². The van der Waals surface area contributed by atoms with E-state index in [1.807, 2.05) is 24.3 Å². The van der Waals surface area contributed by atoms with E-state index in [-0.39, 0.29) is 5.95 Å². The number of ether oxygens (including phenoxy) is 1. The highest BCUT2D eigenvalue weighted by Crippen LogP contribution is 2.22. The van der Waals surface area contributed by atoms with E-state index < -0.39 is 0 Å². The van der Waals surface area contributed by atoms with Gasteiger partial charge in [-0.1, -0.05) is 12.1 Å². The molecule has 0 spiro atoms. The van der Waals surface area contributed by atoms with E-state index in [9.17, 15) is 0 Å². The van der Waals surface area contributed by atoms with Crippen molar-refractivity contribution in [3.8, 4) is 23.2 Å². The molecule has 0 aliphatic heterocycles. The lowest BCUT2D eigenvalue weighted by Gasteiger charge is -2.04. The second-order valence-electron chi connectivity index (χ2n) is 3.23. The second kappa shape index (κ2) is 4.94. The molecule has 0 atom stereocenters. The molecule has 0 aliphatic rings. The Bertz CT molecular complexity index is 562. The average molecular weight is 226 g/mol. The molecule has 0 fully saturated rings. The number of rotatable bonds is 3. The molecule has 0 unspecified atom stereocenters. The lowest BCUT2D eigenvalue weighted by molar-refractivity contribution is 0.415. The van der Waals surface area contributed by atoms with E-state index in [4.69, 9.17) is 10.00 Å². The van der Waals surface area contributed by atoms with Crippen LogP contribution in [0.4, 0.5) is 5.95 Å². The van der Waals surface area contributed by atoms with Gasteiger partial charge < -0.3 is 4.74 Å². The summed E-state index contributed by atoms with van der Waals surface area (Å²) in [7, 11) is 1.61. The predicted molar refractivity (Wildman–Crippen MR) is 63.3 cm³/mol. The predicted octanol–water partition coefficient (Wildman–Crippen LogP) is 2.05. The minimum absolute atomic E-state index is 0.285. The van der Waals surface area contributed by atoms with E-state index in [2.05, 4.69) is 15.3 Å². The Kier molecular flexibility index (Phi) is 3.17. The van der Waals surface area contributed by atoms with Gasteiger partial charge in [-0.2, -0.15) is 5.26 Å². The van der Waals surface area contributed by atoms with Crippen LogP contribution in [0.3, 0.4) is 0 Å². The average Bonchev–Trinajstić information content (AvgIpc) is 2.40. The zero-order chi connectivity index (χ0) is 12.1. The molecule has 84 valence electrons. The first-order chi connectivity index (χ1) is 8.33. The van der Waals surface area contributed by atoms with Gasteiger partial charge in [-0.25, -0.2) is 9.97 Å². The summed E-state index contributed by atoms with van der Waals surface area (Å²) < 4.78 is 5.14. The standard InChI is InChI=1S/C12H10N4O/c1-17-10-4-2-3-9(7-10)11-5-6-14-12(16-11)15-8-13/h2-7H,1H3,(H,14,15,16). The fourth-order valence-corrected chi connectivity index (χ4v) is 1.41. The van der Waals surface area contributed by atoms with Gasteiger partial charge in [0, 0.05) is 11.8 Å². The molecule has 0 aliphatic carbocycles. The molecule has 1 aromatic heterocycles. The molecule has 0 bridgehead atoms. The van der Waals surface area contributed by atoms with Gasteiger partial charge in [-0.3, -0.25) is 5.32 Å². The summed E-state index contributed by atoms with van der Waals surface area (Å²) in [5.74, 6) is 1.05. The van der Waals surface area contributed by atoms with Crippen molar-refractivity contribution < 1.29 is 4.74 Å². The van der Waals surface area contributed by atoms with Gasteiger partial charge in [0.15, 0.2) is 6.19 Å². The number of hydrogen-bond donors (Lipinski definition) is 1. The highest BCUT2D eigenvalue weighted by atomic mass is 16.5. The molecular formula is C12H10N4O. The van der Waals surface area contributed by atoms with Crippen molar-refractivity contribution in [3.05, 3.63) is 36.5 Å². The Labute approximate surface area is 98.7 Å². The summed E-state index contributed by atoms with van der Waals surface area (Å²) in [5.41, 5.74) is 1.64. The van der Waals surface area contributed by atoms with Crippen molar-refractivity contribution in [3.63, 3.8) is 0 Å². The zero-order valence-electron chi connectivity index (χ0n) is 9.21. The maximum Gasteiger partial charge on any atom is 0.236 e.